The van der Waals surface area contributed by atoms with Crippen molar-refractivity contribution in [2.45, 2.75) is 25.7 Å². The number of pyridine rings is 1. The highest BCUT2D eigenvalue weighted by Crippen LogP contribution is 2.33. The first-order valence-electron chi connectivity index (χ1n) is 9.46. The first-order chi connectivity index (χ1) is 13.7. The SMILES string of the molecule is Cc1cccc(Oc2nccnc2C2CCN(C(=O)c3ccccn3)CC2)c1. The summed E-state index contributed by atoms with van der Waals surface area (Å²) in [6, 6.07) is 13.3. The molecule has 6 heteroatoms. The molecule has 1 aliphatic rings. The Bertz CT molecular complexity index is 954. The summed E-state index contributed by atoms with van der Waals surface area (Å²) in [5.74, 6) is 1.49. The molecule has 3 aromatic rings. The molecular weight excluding hydrogens is 352 g/mol. The lowest BCUT2D eigenvalue weighted by Crippen LogP contribution is -2.38. The Morgan fingerprint density at radius 2 is 1.82 bits per heavy atom. The molecule has 1 aliphatic heterocycles. The van der Waals surface area contributed by atoms with Crippen molar-refractivity contribution in [1.29, 1.82) is 0 Å². The molecule has 0 spiro atoms. The topological polar surface area (TPSA) is 68.2 Å². The minimum atomic E-state index is -0.0190. The third-order valence-electron chi connectivity index (χ3n) is 4.95. The highest BCUT2D eigenvalue weighted by molar-refractivity contribution is 5.92. The number of ether oxygens (including phenoxy) is 1. The van der Waals surface area contributed by atoms with Gasteiger partial charge in [0.1, 0.15) is 17.1 Å². The standard InChI is InChI=1S/C22H22N4O2/c1-16-5-4-6-18(15-16)28-21-20(24-11-12-25-21)17-8-13-26(14-9-17)22(27)19-7-2-3-10-23-19/h2-7,10-12,15,17H,8-9,13-14H2,1H3. The second kappa shape index (κ2) is 8.17. The van der Waals surface area contributed by atoms with Crippen LogP contribution in [-0.2, 0) is 0 Å². The van der Waals surface area contributed by atoms with E-state index in [1.165, 1.54) is 0 Å². The minimum Gasteiger partial charge on any atom is -0.437 e. The Kier molecular flexibility index (Phi) is 5.28. The molecule has 0 aliphatic carbocycles. The predicted molar refractivity (Wildman–Crippen MR) is 105 cm³/mol. The number of carbonyl (C=O) groups excluding carboxylic acids is 1. The van der Waals surface area contributed by atoms with Gasteiger partial charge in [-0.3, -0.25) is 14.8 Å². The Hall–Kier alpha value is -3.28. The van der Waals surface area contributed by atoms with E-state index in [1.807, 2.05) is 48.2 Å². The quantitative estimate of drug-likeness (QED) is 0.691. The number of likely N-dealkylation sites (tertiary alicyclic amines) is 1. The zero-order valence-electron chi connectivity index (χ0n) is 15.8. The molecular formula is C22H22N4O2. The Labute approximate surface area is 164 Å². The van der Waals surface area contributed by atoms with Gasteiger partial charge in [-0.1, -0.05) is 18.2 Å². The smallest absolute Gasteiger partial charge is 0.272 e. The molecule has 28 heavy (non-hydrogen) atoms. The van der Waals surface area contributed by atoms with Crippen LogP contribution in [0, 0.1) is 6.92 Å². The summed E-state index contributed by atoms with van der Waals surface area (Å²) in [6.45, 7) is 3.36. The normalized spacial score (nSPS) is 14.7. The van der Waals surface area contributed by atoms with Crippen molar-refractivity contribution in [1.82, 2.24) is 19.9 Å². The number of aryl methyl sites for hydroxylation is 1. The summed E-state index contributed by atoms with van der Waals surface area (Å²) in [5.41, 5.74) is 2.47. The zero-order chi connectivity index (χ0) is 19.3. The number of hydrogen-bond donors (Lipinski definition) is 0. The van der Waals surface area contributed by atoms with Gasteiger partial charge in [-0.05, 0) is 49.6 Å². The molecule has 6 nitrogen and oxygen atoms in total. The lowest BCUT2D eigenvalue weighted by atomic mass is 9.93. The van der Waals surface area contributed by atoms with Crippen LogP contribution < -0.4 is 4.74 Å². The maximum atomic E-state index is 12.6. The van der Waals surface area contributed by atoms with Gasteiger partial charge in [0, 0.05) is 37.6 Å². The van der Waals surface area contributed by atoms with Crippen LogP contribution in [0.25, 0.3) is 0 Å². The molecule has 4 rings (SSSR count). The molecule has 0 unspecified atom stereocenters. The van der Waals surface area contributed by atoms with E-state index in [0.717, 1.165) is 29.8 Å². The average Bonchev–Trinajstić information content (AvgIpc) is 2.74. The lowest BCUT2D eigenvalue weighted by Gasteiger charge is -2.31. The molecule has 1 fully saturated rings. The number of rotatable bonds is 4. The van der Waals surface area contributed by atoms with Crippen molar-refractivity contribution in [3.63, 3.8) is 0 Å². The number of nitrogens with zero attached hydrogens (tertiary/aromatic N) is 4. The third-order valence-corrected chi connectivity index (χ3v) is 4.95. The minimum absolute atomic E-state index is 0.0190. The summed E-state index contributed by atoms with van der Waals surface area (Å²) in [6.07, 6.45) is 6.63. The highest BCUT2D eigenvalue weighted by Gasteiger charge is 2.28. The molecule has 1 aromatic carbocycles. The van der Waals surface area contributed by atoms with E-state index in [2.05, 4.69) is 15.0 Å². The highest BCUT2D eigenvalue weighted by atomic mass is 16.5. The van der Waals surface area contributed by atoms with Crippen LogP contribution in [0.1, 0.15) is 40.5 Å². The lowest BCUT2D eigenvalue weighted by molar-refractivity contribution is 0.0705. The van der Waals surface area contributed by atoms with Gasteiger partial charge in [0.2, 0.25) is 5.88 Å². The van der Waals surface area contributed by atoms with Crippen molar-refractivity contribution in [3.05, 3.63) is 78.0 Å². The zero-order valence-corrected chi connectivity index (χ0v) is 15.8. The summed E-state index contributed by atoms with van der Waals surface area (Å²) >= 11 is 0. The fraction of sp³-hybridized carbons (Fsp3) is 0.273. The fourth-order valence-electron chi connectivity index (χ4n) is 3.49. The van der Waals surface area contributed by atoms with Crippen molar-refractivity contribution in [3.8, 4) is 11.6 Å². The molecule has 1 amide bonds. The molecule has 1 saturated heterocycles. The summed E-state index contributed by atoms with van der Waals surface area (Å²) in [5, 5.41) is 0. The van der Waals surface area contributed by atoms with Gasteiger partial charge < -0.3 is 9.64 Å². The predicted octanol–water partition coefficient (Wildman–Crippen LogP) is 3.99. The Morgan fingerprint density at radius 3 is 2.57 bits per heavy atom. The van der Waals surface area contributed by atoms with E-state index in [1.54, 1.807) is 24.7 Å². The third kappa shape index (κ3) is 4.01. The van der Waals surface area contributed by atoms with Gasteiger partial charge in [0.15, 0.2) is 0 Å². The molecule has 142 valence electrons. The number of aromatic nitrogens is 3. The number of hydrogen-bond acceptors (Lipinski definition) is 5. The van der Waals surface area contributed by atoms with Crippen LogP contribution in [0.2, 0.25) is 0 Å². The van der Waals surface area contributed by atoms with Gasteiger partial charge >= 0.3 is 0 Å². The van der Waals surface area contributed by atoms with E-state index >= 15 is 0 Å². The maximum absolute atomic E-state index is 12.6. The van der Waals surface area contributed by atoms with E-state index in [9.17, 15) is 4.79 Å². The molecule has 0 radical (unpaired) electrons. The molecule has 2 aromatic heterocycles. The fourth-order valence-corrected chi connectivity index (χ4v) is 3.49. The molecule has 0 bridgehead atoms. The molecule has 0 N–H and O–H groups in total. The van der Waals surface area contributed by atoms with Crippen molar-refractivity contribution in [2.24, 2.45) is 0 Å². The van der Waals surface area contributed by atoms with Gasteiger partial charge in [-0.15, -0.1) is 0 Å². The molecule has 0 atom stereocenters. The van der Waals surface area contributed by atoms with Crippen molar-refractivity contribution in [2.75, 3.05) is 13.1 Å². The summed E-state index contributed by atoms with van der Waals surface area (Å²) in [4.78, 5) is 27.6. The van der Waals surface area contributed by atoms with E-state index < -0.39 is 0 Å². The van der Waals surface area contributed by atoms with Crippen LogP contribution in [0.4, 0.5) is 0 Å². The van der Waals surface area contributed by atoms with Gasteiger partial charge in [0.25, 0.3) is 5.91 Å². The first-order valence-corrected chi connectivity index (χ1v) is 9.46. The number of benzene rings is 1. The number of piperidine rings is 1. The average molecular weight is 374 g/mol. The second-order valence-electron chi connectivity index (χ2n) is 6.95. The van der Waals surface area contributed by atoms with E-state index in [-0.39, 0.29) is 11.8 Å². The van der Waals surface area contributed by atoms with E-state index in [0.29, 0.717) is 24.7 Å². The van der Waals surface area contributed by atoms with E-state index in [4.69, 9.17) is 4.74 Å². The van der Waals surface area contributed by atoms with Gasteiger partial charge in [-0.25, -0.2) is 4.98 Å². The van der Waals surface area contributed by atoms with Crippen LogP contribution in [0.15, 0.2) is 61.1 Å². The Morgan fingerprint density at radius 1 is 1.00 bits per heavy atom. The molecule has 0 saturated carbocycles. The summed E-state index contributed by atoms with van der Waals surface area (Å²) in [7, 11) is 0. The number of carbonyl (C=O) groups is 1. The number of amides is 1. The van der Waals surface area contributed by atoms with Gasteiger partial charge in [-0.2, -0.15) is 0 Å². The van der Waals surface area contributed by atoms with Gasteiger partial charge in [0.05, 0.1) is 0 Å². The van der Waals surface area contributed by atoms with Crippen LogP contribution in [0.5, 0.6) is 11.6 Å². The van der Waals surface area contributed by atoms with Crippen molar-refractivity contribution < 1.29 is 9.53 Å². The second-order valence-corrected chi connectivity index (χ2v) is 6.95. The van der Waals surface area contributed by atoms with Crippen molar-refractivity contribution >= 4 is 5.91 Å². The maximum Gasteiger partial charge on any atom is 0.272 e. The van der Waals surface area contributed by atoms with Crippen LogP contribution >= 0.6 is 0 Å². The van der Waals surface area contributed by atoms with Crippen LogP contribution in [0.3, 0.4) is 0 Å². The monoisotopic (exact) mass is 374 g/mol. The summed E-state index contributed by atoms with van der Waals surface area (Å²) < 4.78 is 6.02. The largest absolute Gasteiger partial charge is 0.437 e. The van der Waals surface area contributed by atoms with Crippen LogP contribution in [-0.4, -0.2) is 38.8 Å². The Balaban J connectivity index is 1.46. The molecule has 3 heterocycles. The first kappa shape index (κ1) is 18.1.